The highest BCUT2D eigenvalue weighted by atomic mass is 32.2. The molecule has 29 heavy (non-hydrogen) atoms. The smallest absolute Gasteiger partial charge is 0.206 e. The number of hydrogen-bond acceptors (Lipinski definition) is 2. The molecule has 0 saturated heterocycles. The lowest BCUT2D eigenvalue weighted by Gasteiger charge is -2.34. The van der Waals surface area contributed by atoms with Crippen molar-refractivity contribution in [3.05, 3.63) is 12.7 Å². The van der Waals surface area contributed by atoms with Gasteiger partial charge in [-0.3, -0.25) is 0 Å². The molecule has 0 unspecified atom stereocenters. The summed E-state index contributed by atoms with van der Waals surface area (Å²) in [5.41, 5.74) is 0. The third-order valence-electron chi connectivity index (χ3n) is 4.23. The molecule has 0 heterocycles. The third-order valence-corrected chi connectivity index (χ3v) is 6.14. The summed E-state index contributed by atoms with van der Waals surface area (Å²) in [6.07, 6.45) is -0.110. The summed E-state index contributed by atoms with van der Waals surface area (Å²) in [6, 6.07) is 0. The molecule has 0 bridgehead atoms. The summed E-state index contributed by atoms with van der Waals surface area (Å²) in [5.74, 6) is -14.4. The van der Waals surface area contributed by atoms with Crippen molar-refractivity contribution < 1.29 is 47.9 Å². The van der Waals surface area contributed by atoms with Crippen molar-refractivity contribution in [1.82, 2.24) is 4.31 Å². The van der Waals surface area contributed by atoms with E-state index >= 15 is 0 Å². The van der Waals surface area contributed by atoms with Crippen LogP contribution in [-0.4, -0.2) is 49.6 Å². The average molecular weight is 465 g/mol. The average Bonchev–Trinajstić information content (AvgIpc) is 2.58. The van der Waals surface area contributed by atoms with Crippen LogP contribution in [0.3, 0.4) is 0 Å². The highest BCUT2D eigenvalue weighted by molar-refractivity contribution is 7.90. The molecular weight excluding hydrogens is 441 g/mol. The van der Waals surface area contributed by atoms with E-state index in [4.69, 9.17) is 0 Å². The quantitative estimate of drug-likeness (QED) is 0.180. The van der Waals surface area contributed by atoms with Crippen molar-refractivity contribution in [1.29, 1.82) is 0 Å². The van der Waals surface area contributed by atoms with Gasteiger partial charge in [-0.25, -0.2) is 8.42 Å². The second kappa shape index (κ2) is 10.4. The molecule has 0 N–H and O–H groups in total. The summed E-state index contributed by atoms with van der Waals surface area (Å²) in [4.78, 5) is 0. The Morgan fingerprint density at radius 3 is 1.59 bits per heavy atom. The van der Waals surface area contributed by atoms with E-state index in [9.17, 15) is 47.9 Å². The zero-order valence-electron chi connectivity index (χ0n) is 15.7. The lowest BCUT2D eigenvalue weighted by molar-refractivity contribution is -0.382. The molecule has 0 aliphatic heterocycles. The van der Waals surface area contributed by atoms with Gasteiger partial charge in [0, 0.05) is 13.6 Å². The van der Waals surface area contributed by atoms with E-state index in [1.165, 1.54) is 0 Å². The van der Waals surface area contributed by atoms with Crippen LogP contribution < -0.4 is 0 Å². The van der Waals surface area contributed by atoms with Gasteiger partial charge in [0.05, 0.1) is 0 Å². The van der Waals surface area contributed by atoms with Crippen LogP contribution in [0.15, 0.2) is 12.7 Å². The molecular formula is C16H24F9NO2S. The Bertz CT molecular complexity index is 618. The fraction of sp³-hybridized carbons (Fsp3) is 0.875. The van der Waals surface area contributed by atoms with Crippen LogP contribution in [0.4, 0.5) is 39.5 Å². The zero-order valence-corrected chi connectivity index (χ0v) is 16.5. The normalized spacial score (nSPS) is 14.4. The number of sulfonamides is 1. The Hall–Kier alpha value is -0.980. The van der Waals surface area contributed by atoms with Crippen LogP contribution in [0.1, 0.15) is 51.4 Å². The largest absolute Gasteiger partial charge is 0.460 e. The molecule has 0 aliphatic carbocycles. The van der Waals surface area contributed by atoms with Crippen LogP contribution in [-0.2, 0) is 10.0 Å². The number of alkyl halides is 9. The molecule has 0 radical (unpaired) electrons. The summed E-state index contributed by atoms with van der Waals surface area (Å²) in [6.45, 7) is 2.83. The summed E-state index contributed by atoms with van der Waals surface area (Å²) in [5, 5.41) is -6.67. The third kappa shape index (κ3) is 6.25. The van der Waals surface area contributed by atoms with Gasteiger partial charge in [-0.2, -0.15) is 43.8 Å². The predicted molar refractivity (Wildman–Crippen MR) is 89.6 cm³/mol. The van der Waals surface area contributed by atoms with Crippen molar-refractivity contribution in [3.8, 4) is 0 Å². The Labute approximate surface area is 164 Å². The first kappa shape index (κ1) is 28.0. The van der Waals surface area contributed by atoms with Gasteiger partial charge in [0.1, 0.15) is 0 Å². The van der Waals surface area contributed by atoms with E-state index in [0.29, 0.717) is 19.9 Å². The molecule has 0 aromatic carbocycles. The molecule has 0 atom stereocenters. The van der Waals surface area contributed by atoms with Gasteiger partial charge in [-0.15, -0.1) is 6.58 Å². The molecule has 3 nitrogen and oxygen atoms in total. The second-order valence-corrected chi connectivity index (χ2v) is 8.63. The monoisotopic (exact) mass is 465 g/mol. The molecule has 0 amide bonds. The Balaban J connectivity index is 4.90. The number of halogens is 9. The molecule has 13 heteroatoms. The minimum Gasteiger partial charge on any atom is -0.206 e. The first-order chi connectivity index (χ1) is 13.0. The SMILES string of the molecule is C=CCCCCCCCCCN(C)S(=O)(=O)C(F)(F)C(F)(F)C(F)(F)C(F)(F)F. The minimum atomic E-state index is -7.25. The molecule has 174 valence electrons. The fourth-order valence-corrected chi connectivity index (χ4v) is 3.56. The topological polar surface area (TPSA) is 37.4 Å². The van der Waals surface area contributed by atoms with Crippen molar-refractivity contribution in [2.75, 3.05) is 13.6 Å². The first-order valence-corrected chi connectivity index (χ1v) is 10.2. The zero-order chi connectivity index (χ0) is 23.1. The van der Waals surface area contributed by atoms with E-state index in [-0.39, 0.29) is 10.7 Å². The van der Waals surface area contributed by atoms with E-state index in [2.05, 4.69) is 6.58 Å². The number of nitrogens with zero attached hydrogens (tertiary/aromatic N) is 1. The Morgan fingerprint density at radius 1 is 0.759 bits per heavy atom. The van der Waals surface area contributed by atoms with Gasteiger partial charge in [0.2, 0.25) is 0 Å². The van der Waals surface area contributed by atoms with Crippen LogP contribution in [0, 0.1) is 0 Å². The lowest BCUT2D eigenvalue weighted by atomic mass is 10.1. The van der Waals surface area contributed by atoms with E-state index < -0.39 is 39.8 Å². The van der Waals surface area contributed by atoms with Gasteiger partial charge < -0.3 is 0 Å². The van der Waals surface area contributed by atoms with Crippen molar-refractivity contribution in [3.63, 3.8) is 0 Å². The molecule has 0 aliphatic rings. The summed E-state index contributed by atoms with van der Waals surface area (Å²) in [7, 11) is -6.07. The van der Waals surface area contributed by atoms with Crippen LogP contribution in [0.2, 0.25) is 0 Å². The van der Waals surface area contributed by atoms with Gasteiger partial charge >= 0.3 is 23.3 Å². The Morgan fingerprint density at radius 2 is 1.17 bits per heavy atom. The maximum atomic E-state index is 13.7. The van der Waals surface area contributed by atoms with E-state index in [1.54, 1.807) is 6.08 Å². The van der Waals surface area contributed by atoms with Crippen molar-refractivity contribution in [2.45, 2.75) is 74.6 Å². The number of rotatable bonds is 14. The van der Waals surface area contributed by atoms with Crippen molar-refractivity contribution >= 4 is 10.0 Å². The van der Waals surface area contributed by atoms with Crippen LogP contribution in [0.5, 0.6) is 0 Å². The predicted octanol–water partition coefficient (Wildman–Crippen LogP) is 5.98. The number of allylic oxidation sites excluding steroid dienone is 1. The van der Waals surface area contributed by atoms with Gasteiger partial charge in [0.25, 0.3) is 10.0 Å². The minimum absolute atomic E-state index is 0.0559. The van der Waals surface area contributed by atoms with Gasteiger partial charge in [-0.1, -0.05) is 38.2 Å². The van der Waals surface area contributed by atoms with Gasteiger partial charge in [-0.05, 0) is 19.3 Å². The van der Waals surface area contributed by atoms with Gasteiger partial charge in [0.15, 0.2) is 0 Å². The summed E-state index contributed by atoms with van der Waals surface area (Å²) >= 11 is 0. The second-order valence-electron chi connectivity index (χ2n) is 6.54. The summed E-state index contributed by atoms with van der Waals surface area (Å²) < 4.78 is 139. The maximum absolute atomic E-state index is 13.7. The molecule has 0 aromatic heterocycles. The van der Waals surface area contributed by atoms with Crippen molar-refractivity contribution in [2.24, 2.45) is 0 Å². The standard InChI is InChI=1S/C16H24F9NO2S/c1-3-4-5-6-7-8-9-10-11-12-26(2)29(27,28)16(24,25)14(19,20)13(17,18)15(21,22)23/h3H,1,4-12H2,2H3. The maximum Gasteiger partial charge on any atom is 0.460 e. The lowest BCUT2D eigenvalue weighted by Crippen LogP contribution is -2.65. The van der Waals surface area contributed by atoms with Crippen LogP contribution >= 0.6 is 0 Å². The first-order valence-electron chi connectivity index (χ1n) is 8.75. The molecule has 0 aromatic rings. The molecule has 0 spiro atoms. The van der Waals surface area contributed by atoms with Crippen LogP contribution in [0.25, 0.3) is 0 Å². The number of unbranched alkanes of at least 4 members (excludes halogenated alkanes) is 7. The highest BCUT2D eigenvalue weighted by Gasteiger charge is 2.85. The van der Waals surface area contributed by atoms with E-state index in [0.717, 1.165) is 32.1 Å². The van der Waals surface area contributed by atoms with E-state index in [1.807, 2.05) is 0 Å². The molecule has 0 saturated carbocycles. The number of hydrogen-bond donors (Lipinski definition) is 0. The molecule has 0 fully saturated rings. The fourth-order valence-electron chi connectivity index (χ4n) is 2.35. The highest BCUT2D eigenvalue weighted by Crippen LogP contribution is 2.55. The molecule has 0 rings (SSSR count). The Kier molecular flexibility index (Phi) is 10.0.